The molecule has 0 spiro atoms. The molecule has 0 fully saturated rings. The van der Waals surface area contributed by atoms with Crippen LogP contribution in [0.2, 0.25) is 0 Å². The van der Waals surface area contributed by atoms with E-state index in [0.29, 0.717) is 25.1 Å². The molecule has 1 N–H and O–H groups in total. The second-order valence-electron chi connectivity index (χ2n) is 5.79. The van der Waals surface area contributed by atoms with Gasteiger partial charge in [0, 0.05) is 31.9 Å². The van der Waals surface area contributed by atoms with Gasteiger partial charge in [-0.25, -0.2) is 9.18 Å². The predicted molar refractivity (Wildman–Crippen MR) is 95.1 cm³/mol. The van der Waals surface area contributed by atoms with Crippen LogP contribution >= 0.6 is 0 Å². The number of carbonyl (C=O) groups is 1. The SMILES string of the molecule is CCOc1ccc([C@H](C)NC(=O)N(C)CCc2ccccn2)cc1F. The summed E-state index contributed by atoms with van der Waals surface area (Å²) < 4.78 is 19.1. The van der Waals surface area contributed by atoms with Gasteiger partial charge < -0.3 is 15.0 Å². The number of nitrogens with zero attached hydrogens (tertiary/aromatic N) is 2. The first-order chi connectivity index (χ1) is 12.0. The number of hydrogen-bond donors (Lipinski definition) is 1. The van der Waals surface area contributed by atoms with Crippen LogP contribution in [0, 0.1) is 5.82 Å². The van der Waals surface area contributed by atoms with Gasteiger partial charge in [-0.3, -0.25) is 4.98 Å². The average Bonchev–Trinajstić information content (AvgIpc) is 2.62. The molecule has 0 aliphatic rings. The van der Waals surface area contributed by atoms with Crippen LogP contribution in [-0.2, 0) is 6.42 Å². The maximum absolute atomic E-state index is 13.9. The van der Waals surface area contributed by atoms with Crippen molar-refractivity contribution in [1.29, 1.82) is 0 Å². The number of benzene rings is 1. The topological polar surface area (TPSA) is 54.5 Å². The first-order valence-electron chi connectivity index (χ1n) is 8.35. The van der Waals surface area contributed by atoms with Crippen molar-refractivity contribution < 1.29 is 13.9 Å². The van der Waals surface area contributed by atoms with Crippen molar-refractivity contribution in [3.8, 4) is 5.75 Å². The van der Waals surface area contributed by atoms with Gasteiger partial charge in [-0.15, -0.1) is 0 Å². The molecule has 1 aromatic heterocycles. The van der Waals surface area contributed by atoms with E-state index in [1.165, 1.54) is 6.07 Å². The van der Waals surface area contributed by atoms with E-state index in [1.54, 1.807) is 37.2 Å². The molecule has 0 radical (unpaired) electrons. The molecule has 2 aromatic rings. The third kappa shape index (κ3) is 5.45. The van der Waals surface area contributed by atoms with E-state index in [0.717, 1.165) is 5.69 Å². The summed E-state index contributed by atoms with van der Waals surface area (Å²) in [5, 5.41) is 2.87. The fourth-order valence-electron chi connectivity index (χ4n) is 2.37. The van der Waals surface area contributed by atoms with Crippen LogP contribution in [0.4, 0.5) is 9.18 Å². The second-order valence-corrected chi connectivity index (χ2v) is 5.79. The van der Waals surface area contributed by atoms with E-state index in [4.69, 9.17) is 4.74 Å². The summed E-state index contributed by atoms with van der Waals surface area (Å²) in [6.45, 7) is 4.58. The van der Waals surface area contributed by atoms with E-state index in [-0.39, 0.29) is 17.8 Å². The Bertz CT molecular complexity index is 694. The number of rotatable bonds is 7. The molecule has 0 unspecified atom stereocenters. The zero-order valence-electron chi connectivity index (χ0n) is 14.8. The van der Waals surface area contributed by atoms with E-state index in [1.807, 2.05) is 25.1 Å². The molecule has 25 heavy (non-hydrogen) atoms. The van der Waals surface area contributed by atoms with E-state index in [2.05, 4.69) is 10.3 Å². The van der Waals surface area contributed by atoms with Gasteiger partial charge in [0.1, 0.15) is 0 Å². The van der Waals surface area contributed by atoms with Crippen LogP contribution in [0.1, 0.15) is 31.1 Å². The van der Waals surface area contributed by atoms with Gasteiger partial charge in [0.2, 0.25) is 0 Å². The quantitative estimate of drug-likeness (QED) is 0.835. The standard InChI is InChI=1S/C19H24FN3O2/c1-4-25-18-9-8-15(13-17(18)20)14(2)22-19(24)23(3)12-10-16-7-5-6-11-21-16/h5-9,11,13-14H,4,10,12H2,1-3H3,(H,22,24)/t14-/m0/s1. The van der Waals surface area contributed by atoms with Crippen molar-refractivity contribution >= 4 is 6.03 Å². The minimum Gasteiger partial charge on any atom is -0.491 e. The average molecular weight is 345 g/mol. The Hall–Kier alpha value is -2.63. The van der Waals surface area contributed by atoms with Crippen LogP contribution in [-0.4, -0.2) is 36.1 Å². The lowest BCUT2D eigenvalue weighted by Gasteiger charge is -2.22. The Labute approximate surface area is 147 Å². The fourth-order valence-corrected chi connectivity index (χ4v) is 2.37. The van der Waals surface area contributed by atoms with Crippen molar-refractivity contribution in [1.82, 2.24) is 15.2 Å². The number of likely N-dealkylation sites (N-methyl/N-ethyl adjacent to an activating group) is 1. The van der Waals surface area contributed by atoms with Gasteiger partial charge in [0.15, 0.2) is 11.6 Å². The van der Waals surface area contributed by atoms with Crippen LogP contribution in [0.25, 0.3) is 0 Å². The maximum Gasteiger partial charge on any atom is 0.317 e. The number of aromatic nitrogens is 1. The van der Waals surface area contributed by atoms with Crippen LogP contribution < -0.4 is 10.1 Å². The molecule has 1 aromatic carbocycles. The molecule has 1 atom stereocenters. The number of ether oxygens (including phenoxy) is 1. The van der Waals surface area contributed by atoms with Crippen LogP contribution in [0.15, 0.2) is 42.6 Å². The number of pyridine rings is 1. The Kier molecular flexibility index (Phi) is 6.74. The summed E-state index contributed by atoms with van der Waals surface area (Å²) in [5.74, 6) is -0.207. The normalized spacial score (nSPS) is 11.7. The highest BCUT2D eigenvalue weighted by molar-refractivity contribution is 5.74. The molecule has 134 valence electrons. The lowest BCUT2D eigenvalue weighted by molar-refractivity contribution is 0.206. The number of hydrogen-bond acceptors (Lipinski definition) is 3. The number of halogens is 1. The summed E-state index contributed by atoms with van der Waals surface area (Å²) in [5.41, 5.74) is 1.62. The molecule has 6 heteroatoms. The summed E-state index contributed by atoms with van der Waals surface area (Å²) in [6, 6.07) is 9.92. The highest BCUT2D eigenvalue weighted by Gasteiger charge is 2.15. The van der Waals surface area contributed by atoms with Gasteiger partial charge in [0.25, 0.3) is 0 Å². The number of carbonyl (C=O) groups excluding carboxylic acids is 1. The van der Waals surface area contributed by atoms with Crippen molar-refractivity contribution in [3.63, 3.8) is 0 Å². The number of amides is 2. The minimum atomic E-state index is -0.427. The van der Waals surface area contributed by atoms with Crippen LogP contribution in [0.3, 0.4) is 0 Å². The molecule has 0 bridgehead atoms. The monoisotopic (exact) mass is 345 g/mol. The van der Waals surface area contributed by atoms with Crippen molar-refractivity contribution in [2.45, 2.75) is 26.3 Å². The molecule has 0 saturated heterocycles. The summed E-state index contributed by atoms with van der Waals surface area (Å²) >= 11 is 0. The Balaban J connectivity index is 1.89. The largest absolute Gasteiger partial charge is 0.491 e. The molecule has 5 nitrogen and oxygen atoms in total. The predicted octanol–water partition coefficient (Wildman–Crippen LogP) is 3.56. The van der Waals surface area contributed by atoms with Crippen LogP contribution in [0.5, 0.6) is 5.75 Å². The van der Waals surface area contributed by atoms with Gasteiger partial charge in [-0.2, -0.15) is 0 Å². The van der Waals surface area contributed by atoms with Crippen molar-refractivity contribution in [2.75, 3.05) is 20.2 Å². The first kappa shape index (κ1) is 18.7. The molecule has 0 aliphatic heterocycles. The number of urea groups is 1. The molecule has 0 saturated carbocycles. The zero-order chi connectivity index (χ0) is 18.2. The highest BCUT2D eigenvalue weighted by Crippen LogP contribution is 2.22. The summed E-state index contributed by atoms with van der Waals surface area (Å²) in [4.78, 5) is 18.1. The van der Waals surface area contributed by atoms with Gasteiger partial charge in [-0.05, 0) is 43.7 Å². The van der Waals surface area contributed by atoms with E-state index in [9.17, 15) is 9.18 Å². The van der Waals surface area contributed by atoms with E-state index >= 15 is 0 Å². The third-order valence-corrected chi connectivity index (χ3v) is 3.87. The molecular weight excluding hydrogens is 321 g/mol. The Morgan fingerprint density at radius 3 is 2.80 bits per heavy atom. The summed E-state index contributed by atoms with van der Waals surface area (Å²) in [6.07, 6.45) is 2.41. The second kappa shape index (κ2) is 9.01. The molecular formula is C19H24FN3O2. The summed E-state index contributed by atoms with van der Waals surface area (Å²) in [7, 11) is 1.73. The number of nitrogens with one attached hydrogen (secondary N) is 1. The maximum atomic E-state index is 13.9. The lowest BCUT2D eigenvalue weighted by atomic mass is 10.1. The van der Waals surface area contributed by atoms with Gasteiger partial charge >= 0.3 is 6.03 Å². The highest BCUT2D eigenvalue weighted by atomic mass is 19.1. The smallest absolute Gasteiger partial charge is 0.317 e. The van der Waals surface area contributed by atoms with Crippen molar-refractivity contribution in [3.05, 3.63) is 59.7 Å². The third-order valence-electron chi connectivity index (χ3n) is 3.87. The molecule has 2 rings (SSSR count). The zero-order valence-corrected chi connectivity index (χ0v) is 14.8. The fraction of sp³-hybridized carbons (Fsp3) is 0.368. The Morgan fingerprint density at radius 2 is 2.16 bits per heavy atom. The molecule has 0 aliphatic carbocycles. The minimum absolute atomic E-state index is 0.210. The lowest BCUT2D eigenvalue weighted by Crippen LogP contribution is -2.39. The van der Waals surface area contributed by atoms with E-state index < -0.39 is 5.82 Å². The Morgan fingerprint density at radius 1 is 1.36 bits per heavy atom. The molecule has 1 heterocycles. The van der Waals surface area contributed by atoms with Gasteiger partial charge in [0.05, 0.1) is 12.6 Å². The van der Waals surface area contributed by atoms with Gasteiger partial charge in [-0.1, -0.05) is 12.1 Å². The first-order valence-corrected chi connectivity index (χ1v) is 8.35. The molecule has 2 amide bonds. The van der Waals surface area contributed by atoms with Crippen molar-refractivity contribution in [2.24, 2.45) is 0 Å².